The van der Waals surface area contributed by atoms with Crippen LogP contribution < -0.4 is 11.1 Å². The van der Waals surface area contributed by atoms with Gasteiger partial charge in [-0.05, 0) is 44.9 Å². The molecular weight excluding hydrogens is 603 g/mol. The number of aliphatic hydroxyl groups excluding tert-OH is 2. The smallest absolute Gasteiger partial charge is 0.393 e. The predicted molar refractivity (Wildman–Crippen MR) is 191 cm³/mol. The fraction of sp³-hybridized carbons (Fsp3) is 0.861. The average molecular weight is 675 g/mol. The number of amides is 1. The zero-order valence-electron chi connectivity index (χ0n) is 29.4. The molecule has 0 heterocycles. The van der Waals surface area contributed by atoms with Gasteiger partial charge in [0.05, 0.1) is 37.9 Å². The van der Waals surface area contributed by atoms with E-state index in [2.05, 4.69) is 43.5 Å². The zero-order valence-corrected chi connectivity index (χ0v) is 30.3. The maximum atomic E-state index is 12.7. The Bertz CT molecular complexity index is 796. The minimum Gasteiger partial charge on any atom is -0.393 e. The number of nitrogens with one attached hydrogen (secondary N) is 1. The van der Waals surface area contributed by atoms with Gasteiger partial charge in [-0.2, -0.15) is 0 Å². The molecule has 0 aromatic heterocycles. The fourth-order valence-corrected chi connectivity index (χ4v) is 6.03. The van der Waals surface area contributed by atoms with Crippen molar-refractivity contribution in [2.45, 2.75) is 180 Å². The maximum absolute atomic E-state index is 12.7. The van der Waals surface area contributed by atoms with E-state index >= 15 is 0 Å². The van der Waals surface area contributed by atoms with E-state index in [9.17, 15) is 24.5 Å². The Labute approximate surface area is 281 Å². The first-order valence-electron chi connectivity index (χ1n) is 18.5. The molecule has 0 aliphatic rings. The van der Waals surface area contributed by atoms with Gasteiger partial charge in [0.1, 0.15) is 0 Å². The molecule has 0 saturated carbocycles. The Hall–Kier alpha value is -1.06. The highest BCUT2D eigenvalue weighted by molar-refractivity contribution is 7.47. The molecule has 0 aromatic rings. The molecule has 4 atom stereocenters. The van der Waals surface area contributed by atoms with E-state index in [1.165, 1.54) is 64.2 Å². The number of nitrogens with two attached hydrogens (primary N) is 1. The molecule has 4 unspecified atom stereocenters. The van der Waals surface area contributed by atoms with Crippen LogP contribution in [0.5, 0.6) is 0 Å². The highest BCUT2D eigenvalue weighted by Gasteiger charge is 2.28. The van der Waals surface area contributed by atoms with Crippen LogP contribution in [-0.4, -0.2) is 59.0 Å². The average Bonchev–Trinajstić information content (AvgIpc) is 3.03. The normalized spacial score (nSPS) is 15.3. The number of phosphoric ester groups is 1. The van der Waals surface area contributed by atoms with Crippen LogP contribution in [0.1, 0.15) is 162 Å². The third-order valence-corrected chi connectivity index (χ3v) is 9.10. The number of carbonyl (C=O) groups is 1. The van der Waals surface area contributed by atoms with Crippen molar-refractivity contribution in [3.8, 4) is 0 Å². The van der Waals surface area contributed by atoms with Crippen LogP contribution >= 0.6 is 7.82 Å². The quantitative estimate of drug-likeness (QED) is 0.0259. The summed E-state index contributed by atoms with van der Waals surface area (Å²) in [5.74, 6) is -0.425. The summed E-state index contributed by atoms with van der Waals surface area (Å²) in [6.07, 6.45) is 30.8. The first-order chi connectivity index (χ1) is 22.3. The lowest BCUT2D eigenvalue weighted by Gasteiger charge is -2.25. The van der Waals surface area contributed by atoms with Crippen LogP contribution in [0.25, 0.3) is 0 Å². The zero-order chi connectivity index (χ0) is 34.1. The SMILES string of the molecule is CCCCC/C=C\C/C=C\CCCCCCCC(O)CC(=O)NC(COP(=O)(O)OCCN)C(O)CCCCCCCCCCC. The van der Waals surface area contributed by atoms with Gasteiger partial charge in [-0.25, -0.2) is 4.57 Å². The lowest BCUT2D eigenvalue weighted by molar-refractivity contribution is -0.125. The Morgan fingerprint density at radius 1 is 0.739 bits per heavy atom. The van der Waals surface area contributed by atoms with E-state index in [4.69, 9.17) is 14.8 Å². The molecule has 0 fully saturated rings. The van der Waals surface area contributed by atoms with Crippen LogP contribution in [-0.2, 0) is 18.4 Å². The van der Waals surface area contributed by atoms with Crippen molar-refractivity contribution < 1.29 is 33.5 Å². The second-order valence-electron chi connectivity index (χ2n) is 12.6. The molecule has 0 aliphatic carbocycles. The van der Waals surface area contributed by atoms with E-state index in [-0.39, 0.29) is 26.2 Å². The van der Waals surface area contributed by atoms with Gasteiger partial charge in [-0.3, -0.25) is 13.8 Å². The standard InChI is InChI=1S/C36H71N2O7P/c1-3-5-7-9-11-13-14-15-16-17-18-20-21-23-25-27-33(39)31-36(41)38-34(32-45-46(42,43)44-30-29-37)35(40)28-26-24-22-19-12-10-8-6-4-2/h11,13,15-16,33-35,39-40H,3-10,12,14,17-32,37H2,1-2H3,(H,38,41)(H,42,43)/b13-11-,16-15-. The minimum absolute atomic E-state index is 0.0574. The molecule has 6 N–H and O–H groups in total. The third-order valence-electron chi connectivity index (χ3n) is 8.11. The van der Waals surface area contributed by atoms with Crippen LogP contribution in [0.15, 0.2) is 24.3 Å². The monoisotopic (exact) mass is 674 g/mol. The minimum atomic E-state index is -4.36. The van der Waals surface area contributed by atoms with Crippen molar-refractivity contribution in [3.05, 3.63) is 24.3 Å². The molecule has 272 valence electrons. The van der Waals surface area contributed by atoms with E-state index in [0.717, 1.165) is 64.2 Å². The van der Waals surface area contributed by atoms with Crippen LogP contribution in [0.2, 0.25) is 0 Å². The summed E-state index contributed by atoms with van der Waals surface area (Å²) in [6.45, 7) is 3.96. The first-order valence-corrected chi connectivity index (χ1v) is 20.0. The molecular formula is C36H71N2O7P. The van der Waals surface area contributed by atoms with Crippen molar-refractivity contribution >= 4 is 13.7 Å². The molecule has 0 rings (SSSR count). The van der Waals surface area contributed by atoms with Crippen LogP contribution in [0, 0.1) is 0 Å². The fourth-order valence-electron chi connectivity index (χ4n) is 5.27. The number of unbranched alkanes of at least 4 members (excludes halogenated alkanes) is 16. The van der Waals surface area contributed by atoms with Gasteiger partial charge in [-0.1, -0.05) is 134 Å². The maximum Gasteiger partial charge on any atom is 0.472 e. The number of phosphoric acid groups is 1. The molecule has 0 saturated heterocycles. The molecule has 0 spiro atoms. The highest BCUT2D eigenvalue weighted by atomic mass is 31.2. The van der Waals surface area contributed by atoms with Crippen molar-refractivity contribution in [2.75, 3.05) is 19.8 Å². The van der Waals surface area contributed by atoms with Crippen molar-refractivity contribution in [1.29, 1.82) is 0 Å². The molecule has 0 aromatic carbocycles. The summed E-state index contributed by atoms with van der Waals surface area (Å²) >= 11 is 0. The summed E-state index contributed by atoms with van der Waals surface area (Å²) in [5.41, 5.74) is 5.34. The molecule has 10 heteroatoms. The van der Waals surface area contributed by atoms with Gasteiger partial charge in [0.15, 0.2) is 0 Å². The summed E-state index contributed by atoms with van der Waals surface area (Å²) in [6, 6.07) is -0.897. The lowest BCUT2D eigenvalue weighted by Crippen LogP contribution is -2.47. The molecule has 1 amide bonds. The van der Waals surface area contributed by atoms with Crippen LogP contribution in [0.3, 0.4) is 0 Å². The Morgan fingerprint density at radius 2 is 1.24 bits per heavy atom. The van der Waals surface area contributed by atoms with Gasteiger partial charge in [0.2, 0.25) is 5.91 Å². The number of aliphatic hydroxyl groups is 2. The van der Waals surface area contributed by atoms with E-state index < -0.39 is 32.0 Å². The van der Waals surface area contributed by atoms with Crippen molar-refractivity contribution in [2.24, 2.45) is 5.73 Å². The largest absolute Gasteiger partial charge is 0.472 e. The van der Waals surface area contributed by atoms with Gasteiger partial charge in [-0.15, -0.1) is 0 Å². The number of hydrogen-bond donors (Lipinski definition) is 5. The van der Waals surface area contributed by atoms with E-state index in [1.807, 2.05) is 0 Å². The molecule has 0 aliphatic heterocycles. The Balaban J connectivity index is 4.36. The topological polar surface area (TPSA) is 151 Å². The Kier molecular flexibility index (Phi) is 31.7. The van der Waals surface area contributed by atoms with Gasteiger partial charge >= 0.3 is 7.82 Å². The molecule has 9 nitrogen and oxygen atoms in total. The van der Waals surface area contributed by atoms with Gasteiger partial charge in [0.25, 0.3) is 0 Å². The third kappa shape index (κ3) is 30.3. The number of rotatable bonds is 34. The first kappa shape index (κ1) is 44.9. The van der Waals surface area contributed by atoms with Gasteiger partial charge in [0, 0.05) is 6.54 Å². The second kappa shape index (κ2) is 32.5. The molecule has 0 bridgehead atoms. The summed E-state index contributed by atoms with van der Waals surface area (Å²) in [5, 5.41) is 24.0. The number of carbonyl (C=O) groups excluding carboxylic acids is 1. The van der Waals surface area contributed by atoms with Gasteiger partial charge < -0.3 is 26.2 Å². The van der Waals surface area contributed by atoms with Crippen LogP contribution in [0.4, 0.5) is 0 Å². The summed E-state index contributed by atoms with van der Waals surface area (Å²) in [4.78, 5) is 22.6. The second-order valence-corrected chi connectivity index (χ2v) is 14.1. The molecule has 46 heavy (non-hydrogen) atoms. The predicted octanol–water partition coefficient (Wildman–Crippen LogP) is 8.41. The lowest BCUT2D eigenvalue weighted by atomic mass is 10.0. The van der Waals surface area contributed by atoms with Crippen molar-refractivity contribution in [3.63, 3.8) is 0 Å². The number of allylic oxidation sites excluding steroid dienone is 4. The molecule has 0 radical (unpaired) electrons. The van der Waals surface area contributed by atoms with E-state index in [1.54, 1.807) is 0 Å². The Morgan fingerprint density at radius 3 is 1.83 bits per heavy atom. The summed E-state index contributed by atoms with van der Waals surface area (Å²) < 4.78 is 22.0. The van der Waals surface area contributed by atoms with E-state index in [0.29, 0.717) is 12.8 Å². The highest BCUT2D eigenvalue weighted by Crippen LogP contribution is 2.43. The summed E-state index contributed by atoms with van der Waals surface area (Å²) in [7, 11) is -4.36. The number of hydrogen-bond acceptors (Lipinski definition) is 7. The van der Waals surface area contributed by atoms with Crippen molar-refractivity contribution in [1.82, 2.24) is 5.32 Å².